The minimum Gasteiger partial charge on any atom is -0.456 e. The molecule has 250 valence electrons. The van der Waals surface area contributed by atoms with Gasteiger partial charge in [0.2, 0.25) is 0 Å². The molecule has 10 aromatic rings. The first kappa shape index (κ1) is 30.8. The maximum atomic E-state index is 9.05. The van der Waals surface area contributed by atoms with Crippen molar-refractivity contribution < 1.29 is 8.83 Å². The fourth-order valence-electron chi connectivity index (χ4n) is 7.00. The number of furan rings is 2. The lowest BCUT2D eigenvalue weighted by molar-refractivity contribution is 0.669. The summed E-state index contributed by atoms with van der Waals surface area (Å²) in [4.78, 5) is 14.7. The molecule has 0 bridgehead atoms. The monoisotopic (exact) mass is 700 g/mol. The van der Waals surface area contributed by atoms with E-state index in [1.54, 1.807) is 11.3 Å². The van der Waals surface area contributed by atoms with E-state index in [0.29, 0.717) is 11.4 Å². The highest BCUT2D eigenvalue weighted by Crippen LogP contribution is 2.40. The minimum absolute atomic E-state index is 0.111. The largest absolute Gasteiger partial charge is 0.456 e. The first-order valence-corrected chi connectivity index (χ1v) is 18.1. The van der Waals surface area contributed by atoms with Gasteiger partial charge in [-0.15, -0.1) is 11.3 Å². The summed E-state index contributed by atoms with van der Waals surface area (Å²) in [6, 6.07) is 52.2. The van der Waals surface area contributed by atoms with Gasteiger partial charge in [0, 0.05) is 55.6 Å². The van der Waals surface area contributed by atoms with E-state index in [0.717, 1.165) is 86.9 Å². The summed E-state index contributed by atoms with van der Waals surface area (Å²) in [6.45, 7) is 0. The van der Waals surface area contributed by atoms with E-state index in [2.05, 4.69) is 36.4 Å². The van der Waals surface area contributed by atoms with Crippen molar-refractivity contribution in [3.05, 3.63) is 174 Å². The molecule has 0 saturated carbocycles. The number of aliphatic imine (C=N–C) groups is 2. The molecule has 0 spiro atoms. The Morgan fingerprint density at radius 3 is 2.15 bits per heavy atom. The van der Waals surface area contributed by atoms with Crippen LogP contribution >= 0.6 is 11.3 Å². The Morgan fingerprint density at radius 2 is 1.28 bits per heavy atom. The summed E-state index contributed by atoms with van der Waals surface area (Å²) in [5.41, 5.74) is 9.63. The van der Waals surface area contributed by atoms with Gasteiger partial charge in [0.1, 0.15) is 27.3 Å². The molecule has 0 unspecified atom stereocenters. The molecule has 0 fully saturated rings. The summed E-state index contributed by atoms with van der Waals surface area (Å²) in [5.74, 6) is 0.544. The Balaban J connectivity index is 1.03. The molecule has 6 nitrogen and oxygen atoms in total. The summed E-state index contributed by atoms with van der Waals surface area (Å²) < 4.78 is 13.8. The van der Waals surface area contributed by atoms with Gasteiger partial charge in [0.25, 0.3) is 0 Å². The zero-order chi connectivity index (χ0) is 35.3. The van der Waals surface area contributed by atoms with Crippen LogP contribution < -0.4 is 0 Å². The standard InChI is InChI=1S/C46H28N4O2S/c47-44(29-25-23-28(24-26-29)32-15-9-16-34-33-14-4-6-19-37(33)52-43(32)34)50-45(30-11-2-1-3-12-30)48-27-31-13-8-20-38-41(31)42-35(17-10-21-39(42)51-38)46-49-36-18-5-7-22-40(36)53-46/h1-27,47H. The van der Waals surface area contributed by atoms with Gasteiger partial charge in [0.15, 0.2) is 11.7 Å². The van der Waals surface area contributed by atoms with E-state index in [1.807, 2.05) is 128 Å². The van der Waals surface area contributed by atoms with Gasteiger partial charge in [-0.05, 0) is 35.9 Å². The van der Waals surface area contributed by atoms with Crippen LogP contribution in [0.1, 0.15) is 16.7 Å². The summed E-state index contributed by atoms with van der Waals surface area (Å²) >= 11 is 1.67. The predicted octanol–water partition coefficient (Wildman–Crippen LogP) is 12.3. The molecule has 10 rings (SSSR count). The lowest BCUT2D eigenvalue weighted by Crippen LogP contribution is -2.04. The summed E-state index contributed by atoms with van der Waals surface area (Å²) in [5, 5.41) is 14.1. The van der Waals surface area contributed by atoms with E-state index in [4.69, 9.17) is 29.2 Å². The molecule has 3 heterocycles. The van der Waals surface area contributed by atoms with Crippen molar-refractivity contribution in [1.82, 2.24) is 4.98 Å². The number of hydrogen-bond donors (Lipinski definition) is 1. The van der Waals surface area contributed by atoms with Crippen molar-refractivity contribution in [3.8, 4) is 21.7 Å². The van der Waals surface area contributed by atoms with Crippen LogP contribution in [0.5, 0.6) is 0 Å². The van der Waals surface area contributed by atoms with Gasteiger partial charge in [-0.1, -0.05) is 127 Å². The van der Waals surface area contributed by atoms with Gasteiger partial charge in [-0.25, -0.2) is 15.0 Å². The second kappa shape index (κ2) is 12.7. The lowest BCUT2D eigenvalue weighted by Gasteiger charge is -2.06. The Kier molecular flexibility index (Phi) is 7.37. The number of nitrogens with one attached hydrogen (secondary N) is 1. The van der Waals surface area contributed by atoms with Crippen LogP contribution in [0.25, 0.3) is 75.8 Å². The SMILES string of the molecule is N=C(N=C(N=Cc1cccc2oc3cccc(-c4nc5ccccc5s4)c3c12)c1ccccc1)c1ccc(-c2cccc3c2oc2ccccc23)cc1. The zero-order valence-corrected chi connectivity index (χ0v) is 29.0. The summed E-state index contributed by atoms with van der Waals surface area (Å²) in [7, 11) is 0. The van der Waals surface area contributed by atoms with E-state index in [-0.39, 0.29) is 5.84 Å². The molecular formula is C46H28N4O2S. The van der Waals surface area contributed by atoms with Crippen LogP contribution in [0, 0.1) is 5.41 Å². The van der Waals surface area contributed by atoms with Gasteiger partial charge in [0.05, 0.1) is 10.2 Å². The van der Waals surface area contributed by atoms with Crippen LogP contribution in [0.3, 0.4) is 0 Å². The van der Waals surface area contributed by atoms with E-state index < -0.39 is 0 Å². The smallest absolute Gasteiger partial charge is 0.161 e. The average molecular weight is 701 g/mol. The normalized spacial score (nSPS) is 12.3. The fourth-order valence-corrected chi connectivity index (χ4v) is 8.00. The molecule has 7 heteroatoms. The van der Waals surface area contributed by atoms with Crippen molar-refractivity contribution in [2.45, 2.75) is 0 Å². The topological polar surface area (TPSA) is 87.7 Å². The maximum Gasteiger partial charge on any atom is 0.161 e. The number of thiazole rings is 1. The summed E-state index contributed by atoms with van der Waals surface area (Å²) in [6.07, 6.45) is 1.82. The number of para-hydroxylation sites is 3. The molecule has 0 aliphatic carbocycles. The van der Waals surface area contributed by atoms with Crippen LogP contribution in [0.15, 0.2) is 177 Å². The molecule has 7 aromatic carbocycles. The van der Waals surface area contributed by atoms with Gasteiger partial charge < -0.3 is 8.83 Å². The van der Waals surface area contributed by atoms with Crippen molar-refractivity contribution in [2.24, 2.45) is 9.98 Å². The molecule has 0 atom stereocenters. The van der Waals surface area contributed by atoms with Gasteiger partial charge >= 0.3 is 0 Å². The van der Waals surface area contributed by atoms with Crippen LogP contribution in [-0.4, -0.2) is 22.9 Å². The number of nitrogens with zero attached hydrogens (tertiary/aromatic N) is 3. The molecule has 0 radical (unpaired) electrons. The van der Waals surface area contributed by atoms with Gasteiger partial charge in [-0.3, -0.25) is 5.41 Å². The predicted molar refractivity (Wildman–Crippen MR) is 219 cm³/mol. The molecule has 0 aliphatic heterocycles. The molecule has 0 amide bonds. The van der Waals surface area contributed by atoms with Crippen LogP contribution in [-0.2, 0) is 0 Å². The maximum absolute atomic E-state index is 9.05. The second-order valence-corrected chi connectivity index (χ2v) is 13.8. The highest BCUT2D eigenvalue weighted by molar-refractivity contribution is 7.21. The fraction of sp³-hybridized carbons (Fsp3) is 0. The molecule has 1 N–H and O–H groups in total. The quantitative estimate of drug-likeness (QED) is 0.143. The van der Waals surface area contributed by atoms with Crippen LogP contribution in [0.2, 0.25) is 0 Å². The Morgan fingerprint density at radius 1 is 0.585 bits per heavy atom. The number of benzene rings is 7. The third kappa shape index (κ3) is 5.42. The van der Waals surface area contributed by atoms with E-state index in [9.17, 15) is 0 Å². The van der Waals surface area contributed by atoms with Crippen LogP contribution in [0.4, 0.5) is 0 Å². The van der Waals surface area contributed by atoms with Crippen molar-refractivity contribution in [3.63, 3.8) is 0 Å². The number of rotatable bonds is 5. The van der Waals surface area contributed by atoms with Crippen molar-refractivity contribution >= 4 is 83.3 Å². The number of hydrogen-bond acceptors (Lipinski definition) is 5. The third-order valence-corrected chi connectivity index (χ3v) is 10.6. The van der Waals surface area contributed by atoms with Crippen molar-refractivity contribution in [2.75, 3.05) is 0 Å². The Labute approximate surface area is 307 Å². The first-order valence-electron chi connectivity index (χ1n) is 17.3. The Hall–Kier alpha value is -6.96. The van der Waals surface area contributed by atoms with E-state index in [1.165, 1.54) is 0 Å². The number of aromatic nitrogens is 1. The minimum atomic E-state index is 0.111. The molecule has 53 heavy (non-hydrogen) atoms. The highest BCUT2D eigenvalue weighted by atomic mass is 32.1. The highest BCUT2D eigenvalue weighted by Gasteiger charge is 2.18. The number of amidine groups is 2. The molecular weight excluding hydrogens is 673 g/mol. The lowest BCUT2D eigenvalue weighted by atomic mass is 10.0. The average Bonchev–Trinajstić information content (AvgIpc) is 3.93. The van der Waals surface area contributed by atoms with Crippen molar-refractivity contribution in [1.29, 1.82) is 5.41 Å². The Bertz CT molecular complexity index is 3040. The third-order valence-electron chi connectivity index (χ3n) is 9.53. The first-order chi connectivity index (χ1) is 26.2. The zero-order valence-electron chi connectivity index (χ0n) is 28.2. The second-order valence-electron chi connectivity index (χ2n) is 12.8. The van der Waals surface area contributed by atoms with E-state index >= 15 is 0 Å². The van der Waals surface area contributed by atoms with Gasteiger partial charge in [-0.2, -0.15) is 0 Å². The molecule has 0 aliphatic rings. The molecule has 0 saturated heterocycles. The number of fused-ring (bicyclic) bond motifs is 7. The molecule has 3 aromatic heterocycles.